The maximum Gasteiger partial charge on any atom is 0.280 e. The standard InChI is InChI=1S/C27H34FN5O4/c1-5-31-15-17(2)33-22-21(24(36-4)23(33)27(31)35)26(34)32-16-18-10-11-19(28)14-20(18)37-13-9-7-6-8-12-30(3)25(22)29-32/h10-11,14,17H,5-9,12-13,15-16H2,1-4H3. The van der Waals surface area contributed by atoms with Crippen molar-refractivity contribution in [1.29, 1.82) is 0 Å². The second kappa shape index (κ2) is 10.1. The average Bonchev–Trinajstić information content (AvgIpc) is 3.24. The zero-order valence-corrected chi connectivity index (χ0v) is 21.9. The molecular weight excluding hydrogens is 477 g/mol. The summed E-state index contributed by atoms with van der Waals surface area (Å²) in [5.41, 5.74) is 1.30. The van der Waals surface area contributed by atoms with Crippen LogP contribution in [0.15, 0.2) is 23.0 Å². The minimum atomic E-state index is -0.397. The molecule has 198 valence electrons. The number of halogens is 1. The summed E-state index contributed by atoms with van der Waals surface area (Å²) in [5.74, 6) is 0.744. The number of rotatable bonds is 2. The molecule has 37 heavy (non-hydrogen) atoms. The van der Waals surface area contributed by atoms with E-state index in [4.69, 9.17) is 14.6 Å². The third-order valence-corrected chi connectivity index (χ3v) is 7.39. The van der Waals surface area contributed by atoms with Crippen LogP contribution in [0, 0.1) is 5.82 Å². The number of carbonyl (C=O) groups excluding carboxylic acids is 1. The van der Waals surface area contributed by atoms with E-state index in [1.54, 1.807) is 11.0 Å². The monoisotopic (exact) mass is 511 g/mol. The number of aromatic nitrogens is 3. The number of ether oxygens (including phenoxy) is 2. The Morgan fingerprint density at radius 2 is 1.97 bits per heavy atom. The second-order valence-corrected chi connectivity index (χ2v) is 9.89. The molecule has 2 aliphatic rings. The Bertz CT molecular complexity index is 1400. The van der Waals surface area contributed by atoms with Crippen molar-refractivity contribution in [2.75, 3.05) is 45.3 Å². The Balaban J connectivity index is 1.79. The summed E-state index contributed by atoms with van der Waals surface area (Å²) in [6, 6.07) is 4.28. The summed E-state index contributed by atoms with van der Waals surface area (Å²) in [4.78, 5) is 31.3. The van der Waals surface area contributed by atoms with Gasteiger partial charge in [-0.3, -0.25) is 9.59 Å². The van der Waals surface area contributed by atoms with Crippen LogP contribution in [-0.2, 0) is 6.54 Å². The van der Waals surface area contributed by atoms with Gasteiger partial charge in [0, 0.05) is 44.4 Å². The van der Waals surface area contributed by atoms with Crippen molar-refractivity contribution in [3.8, 4) is 11.5 Å². The van der Waals surface area contributed by atoms with Crippen LogP contribution < -0.4 is 19.9 Å². The van der Waals surface area contributed by atoms with Gasteiger partial charge >= 0.3 is 0 Å². The molecule has 1 aromatic carbocycles. The highest BCUT2D eigenvalue weighted by atomic mass is 19.1. The molecule has 2 aliphatic heterocycles. The highest BCUT2D eigenvalue weighted by Gasteiger charge is 2.37. The van der Waals surface area contributed by atoms with E-state index in [-0.39, 0.29) is 29.8 Å². The molecule has 0 spiro atoms. The van der Waals surface area contributed by atoms with Crippen LogP contribution in [0.3, 0.4) is 0 Å². The highest BCUT2D eigenvalue weighted by molar-refractivity contribution is 6.07. The van der Waals surface area contributed by atoms with Gasteiger partial charge in [0.05, 0.1) is 20.3 Å². The molecule has 0 saturated heterocycles. The maximum atomic E-state index is 14.1. The topological polar surface area (TPSA) is 81.8 Å². The van der Waals surface area contributed by atoms with Gasteiger partial charge in [0.25, 0.3) is 11.5 Å². The number of nitrogens with zero attached hydrogens (tertiary/aromatic N) is 5. The van der Waals surface area contributed by atoms with Gasteiger partial charge in [-0.1, -0.05) is 18.9 Å². The fourth-order valence-corrected chi connectivity index (χ4v) is 5.48. The highest BCUT2D eigenvalue weighted by Crippen LogP contribution is 2.40. The number of likely N-dealkylation sites (N-methyl/N-ethyl adjacent to an activating group) is 1. The number of fused-ring (bicyclic) bond motifs is 7. The number of anilines is 1. The number of hydrogen-bond acceptors (Lipinski definition) is 6. The van der Waals surface area contributed by atoms with E-state index in [0.29, 0.717) is 53.4 Å². The summed E-state index contributed by atoms with van der Waals surface area (Å²) in [7, 11) is 3.46. The van der Waals surface area contributed by atoms with Gasteiger partial charge in [-0.2, -0.15) is 0 Å². The zero-order chi connectivity index (χ0) is 26.3. The number of amides is 1. The normalized spacial score (nSPS) is 18.7. The quantitative estimate of drug-likeness (QED) is 0.520. The Morgan fingerprint density at radius 1 is 1.19 bits per heavy atom. The van der Waals surface area contributed by atoms with Crippen LogP contribution >= 0.6 is 0 Å². The average molecular weight is 512 g/mol. The Kier molecular flexibility index (Phi) is 6.83. The smallest absolute Gasteiger partial charge is 0.280 e. The summed E-state index contributed by atoms with van der Waals surface area (Å²) < 4.78 is 29.1. The number of methoxy groups -OCH3 is 1. The molecule has 0 aliphatic carbocycles. The lowest BCUT2D eigenvalue weighted by Gasteiger charge is -2.33. The lowest BCUT2D eigenvalue weighted by molar-refractivity contribution is 0.0685. The van der Waals surface area contributed by atoms with E-state index in [9.17, 15) is 14.0 Å². The molecule has 0 saturated carbocycles. The summed E-state index contributed by atoms with van der Waals surface area (Å²) >= 11 is 0. The molecule has 2 aromatic heterocycles. The van der Waals surface area contributed by atoms with Crippen molar-refractivity contribution in [3.63, 3.8) is 0 Å². The van der Waals surface area contributed by atoms with E-state index < -0.39 is 5.82 Å². The molecule has 5 rings (SSSR count). The van der Waals surface area contributed by atoms with E-state index in [1.165, 1.54) is 23.9 Å². The van der Waals surface area contributed by atoms with Gasteiger partial charge in [0.1, 0.15) is 22.5 Å². The SMILES string of the molecule is CCN1CC(C)n2c(c(OC)c3c(=O)n4nc(c32)N(C)CCCCCCOc2cc(F)ccc2C4)C1=O. The van der Waals surface area contributed by atoms with Gasteiger partial charge in [-0.15, -0.1) is 5.10 Å². The van der Waals surface area contributed by atoms with Gasteiger partial charge in [-0.25, -0.2) is 9.07 Å². The van der Waals surface area contributed by atoms with Crippen molar-refractivity contribution in [2.45, 2.75) is 52.1 Å². The Hall–Kier alpha value is -3.56. The van der Waals surface area contributed by atoms with Gasteiger partial charge < -0.3 is 23.8 Å². The summed E-state index contributed by atoms with van der Waals surface area (Å²) in [6.07, 6.45) is 3.80. The zero-order valence-electron chi connectivity index (χ0n) is 21.9. The van der Waals surface area contributed by atoms with Crippen molar-refractivity contribution in [2.24, 2.45) is 0 Å². The molecule has 9 nitrogen and oxygen atoms in total. The number of carbonyl (C=O) groups is 1. The first-order valence-electron chi connectivity index (χ1n) is 13.0. The first-order valence-corrected chi connectivity index (χ1v) is 13.0. The van der Waals surface area contributed by atoms with Crippen LogP contribution in [0.25, 0.3) is 10.9 Å². The molecule has 0 fully saturated rings. The van der Waals surface area contributed by atoms with Gasteiger partial charge in [0.2, 0.25) is 0 Å². The predicted octanol–water partition coefficient (Wildman–Crippen LogP) is 3.82. The Labute approximate surface area is 215 Å². The summed E-state index contributed by atoms with van der Waals surface area (Å²) in [5, 5.41) is 5.16. The first kappa shape index (κ1) is 25.1. The molecular formula is C27H34FN5O4. The van der Waals surface area contributed by atoms with Gasteiger partial charge in [0.15, 0.2) is 17.3 Å². The van der Waals surface area contributed by atoms with Crippen LogP contribution in [0.1, 0.15) is 61.6 Å². The molecule has 0 N–H and O–H groups in total. The minimum absolute atomic E-state index is 0.0639. The molecule has 2 bridgehead atoms. The van der Waals surface area contributed by atoms with Crippen molar-refractivity contribution >= 4 is 22.6 Å². The molecule has 3 aromatic rings. The van der Waals surface area contributed by atoms with E-state index in [2.05, 4.69) is 4.90 Å². The molecule has 0 radical (unpaired) electrons. The van der Waals surface area contributed by atoms with Crippen LogP contribution in [-0.4, -0.2) is 65.6 Å². The van der Waals surface area contributed by atoms with Crippen LogP contribution in [0.4, 0.5) is 10.2 Å². The first-order chi connectivity index (χ1) is 17.8. The molecule has 1 amide bonds. The lowest BCUT2D eigenvalue weighted by Crippen LogP contribution is -2.42. The van der Waals surface area contributed by atoms with Gasteiger partial charge in [-0.05, 0) is 32.8 Å². The van der Waals surface area contributed by atoms with Crippen LogP contribution in [0.2, 0.25) is 0 Å². The second-order valence-electron chi connectivity index (χ2n) is 9.89. The third kappa shape index (κ3) is 4.32. The fraction of sp³-hybridized carbons (Fsp3) is 0.519. The largest absolute Gasteiger partial charge is 0.493 e. The van der Waals surface area contributed by atoms with E-state index in [0.717, 1.165) is 32.2 Å². The van der Waals surface area contributed by atoms with Crippen molar-refractivity contribution in [3.05, 3.63) is 45.6 Å². The summed E-state index contributed by atoms with van der Waals surface area (Å²) in [6.45, 7) is 6.41. The van der Waals surface area contributed by atoms with E-state index in [1.807, 2.05) is 25.5 Å². The molecule has 1 unspecified atom stereocenters. The van der Waals surface area contributed by atoms with Crippen LogP contribution in [0.5, 0.6) is 11.5 Å². The molecule has 1 atom stereocenters. The Morgan fingerprint density at radius 3 is 2.73 bits per heavy atom. The third-order valence-electron chi connectivity index (χ3n) is 7.39. The fourth-order valence-electron chi connectivity index (χ4n) is 5.48. The molecule has 10 heteroatoms. The number of benzene rings is 1. The van der Waals surface area contributed by atoms with Crippen molar-refractivity contribution in [1.82, 2.24) is 19.2 Å². The van der Waals surface area contributed by atoms with E-state index >= 15 is 0 Å². The maximum absolute atomic E-state index is 14.1. The predicted molar refractivity (Wildman–Crippen MR) is 140 cm³/mol. The minimum Gasteiger partial charge on any atom is -0.493 e. The number of hydrogen-bond donors (Lipinski definition) is 0. The molecule has 4 heterocycles. The van der Waals surface area contributed by atoms with Crippen molar-refractivity contribution < 1.29 is 18.7 Å². The lowest BCUT2D eigenvalue weighted by atomic mass is 10.1.